The van der Waals surface area contributed by atoms with Crippen LogP contribution in [0.1, 0.15) is 12.8 Å². The van der Waals surface area contributed by atoms with Crippen LogP contribution in [0.2, 0.25) is 0 Å². The molecule has 0 spiro atoms. The molecule has 1 aromatic carbocycles. The summed E-state index contributed by atoms with van der Waals surface area (Å²) in [5.41, 5.74) is 7.77. The SMILES string of the molecule is Nc1cc(Br)ccc1N1CCCC1CO. The summed E-state index contributed by atoms with van der Waals surface area (Å²) in [5.74, 6) is 0. The van der Waals surface area contributed by atoms with E-state index in [0.717, 1.165) is 35.2 Å². The van der Waals surface area contributed by atoms with Crippen LogP contribution in [0.25, 0.3) is 0 Å². The molecule has 4 heteroatoms. The molecule has 0 aromatic heterocycles. The Morgan fingerprint density at radius 2 is 2.33 bits per heavy atom. The van der Waals surface area contributed by atoms with Crippen molar-refractivity contribution in [3.8, 4) is 0 Å². The first-order valence-electron chi connectivity index (χ1n) is 5.15. The number of halogens is 1. The van der Waals surface area contributed by atoms with Gasteiger partial charge in [-0.1, -0.05) is 15.9 Å². The second kappa shape index (κ2) is 4.41. The third-order valence-electron chi connectivity index (χ3n) is 2.89. The van der Waals surface area contributed by atoms with Crippen LogP contribution in [0, 0.1) is 0 Å². The molecule has 1 aromatic rings. The number of rotatable bonds is 2. The van der Waals surface area contributed by atoms with E-state index in [4.69, 9.17) is 5.73 Å². The van der Waals surface area contributed by atoms with E-state index in [9.17, 15) is 5.11 Å². The Hall–Kier alpha value is -0.740. The summed E-state index contributed by atoms with van der Waals surface area (Å²) in [5, 5.41) is 9.25. The average molecular weight is 271 g/mol. The molecule has 1 aliphatic heterocycles. The first kappa shape index (κ1) is 10.8. The van der Waals surface area contributed by atoms with Crippen molar-refractivity contribution in [2.24, 2.45) is 0 Å². The maximum absolute atomic E-state index is 9.25. The Bertz CT molecular complexity index is 356. The van der Waals surface area contributed by atoms with Crippen molar-refractivity contribution in [1.29, 1.82) is 0 Å². The summed E-state index contributed by atoms with van der Waals surface area (Å²) in [6.45, 7) is 1.19. The highest BCUT2D eigenvalue weighted by Gasteiger charge is 2.25. The van der Waals surface area contributed by atoms with Crippen LogP contribution in [-0.4, -0.2) is 24.3 Å². The van der Waals surface area contributed by atoms with Crippen molar-refractivity contribution < 1.29 is 5.11 Å². The number of aliphatic hydroxyl groups excluding tert-OH is 1. The van der Waals surface area contributed by atoms with Crippen LogP contribution in [0.4, 0.5) is 11.4 Å². The molecule has 0 bridgehead atoms. The maximum Gasteiger partial charge on any atom is 0.0635 e. The first-order valence-corrected chi connectivity index (χ1v) is 5.94. The van der Waals surface area contributed by atoms with Gasteiger partial charge < -0.3 is 15.7 Å². The van der Waals surface area contributed by atoms with Gasteiger partial charge in [-0.15, -0.1) is 0 Å². The largest absolute Gasteiger partial charge is 0.397 e. The van der Waals surface area contributed by atoms with Gasteiger partial charge >= 0.3 is 0 Å². The van der Waals surface area contributed by atoms with Crippen molar-refractivity contribution in [2.45, 2.75) is 18.9 Å². The highest BCUT2D eigenvalue weighted by Crippen LogP contribution is 2.31. The molecule has 0 amide bonds. The Kier molecular flexibility index (Phi) is 3.17. The molecule has 82 valence electrons. The molecular weight excluding hydrogens is 256 g/mol. The number of benzene rings is 1. The van der Waals surface area contributed by atoms with Gasteiger partial charge in [-0.25, -0.2) is 0 Å². The number of aliphatic hydroxyl groups is 1. The third kappa shape index (κ3) is 2.11. The normalized spacial score (nSPS) is 20.9. The van der Waals surface area contributed by atoms with Gasteiger partial charge in [0.1, 0.15) is 0 Å². The molecular formula is C11H15BrN2O. The average Bonchev–Trinajstić information content (AvgIpc) is 2.65. The quantitative estimate of drug-likeness (QED) is 0.809. The van der Waals surface area contributed by atoms with Gasteiger partial charge in [0.05, 0.1) is 24.0 Å². The van der Waals surface area contributed by atoms with Crippen molar-refractivity contribution in [3.63, 3.8) is 0 Å². The molecule has 0 aliphatic carbocycles. The number of anilines is 2. The van der Waals surface area contributed by atoms with Crippen LogP contribution >= 0.6 is 15.9 Å². The second-order valence-electron chi connectivity index (χ2n) is 3.88. The zero-order chi connectivity index (χ0) is 10.8. The number of hydrogen-bond donors (Lipinski definition) is 2. The van der Waals surface area contributed by atoms with Crippen LogP contribution in [-0.2, 0) is 0 Å². The van der Waals surface area contributed by atoms with E-state index in [2.05, 4.69) is 20.8 Å². The zero-order valence-corrected chi connectivity index (χ0v) is 10.1. The molecule has 0 radical (unpaired) electrons. The van der Waals surface area contributed by atoms with Crippen LogP contribution in [0.15, 0.2) is 22.7 Å². The lowest BCUT2D eigenvalue weighted by molar-refractivity contribution is 0.266. The smallest absolute Gasteiger partial charge is 0.0635 e. The Labute approximate surface area is 98.0 Å². The standard InChI is InChI=1S/C11H15BrN2O/c12-8-3-4-11(10(13)6-8)14-5-1-2-9(14)7-15/h3-4,6,9,15H,1-2,5,7,13H2. The van der Waals surface area contributed by atoms with Crippen LogP contribution in [0.3, 0.4) is 0 Å². The summed E-state index contributed by atoms with van der Waals surface area (Å²) in [6, 6.07) is 6.13. The summed E-state index contributed by atoms with van der Waals surface area (Å²) in [7, 11) is 0. The van der Waals surface area contributed by atoms with Gasteiger partial charge in [-0.05, 0) is 31.0 Å². The lowest BCUT2D eigenvalue weighted by Crippen LogP contribution is -2.32. The minimum Gasteiger partial charge on any atom is -0.397 e. The summed E-state index contributed by atoms with van der Waals surface area (Å²) >= 11 is 3.39. The highest BCUT2D eigenvalue weighted by atomic mass is 79.9. The lowest BCUT2D eigenvalue weighted by atomic mass is 10.2. The molecule has 1 aliphatic rings. The van der Waals surface area contributed by atoms with Gasteiger partial charge in [0.2, 0.25) is 0 Å². The van der Waals surface area contributed by atoms with E-state index in [-0.39, 0.29) is 12.6 Å². The van der Waals surface area contributed by atoms with Crippen LogP contribution in [0.5, 0.6) is 0 Å². The van der Waals surface area contributed by atoms with Gasteiger partial charge in [0, 0.05) is 11.0 Å². The van der Waals surface area contributed by atoms with Crippen LogP contribution < -0.4 is 10.6 Å². The van der Waals surface area contributed by atoms with E-state index in [1.807, 2.05) is 18.2 Å². The van der Waals surface area contributed by atoms with Crippen molar-refractivity contribution in [1.82, 2.24) is 0 Å². The molecule has 2 rings (SSSR count). The molecule has 1 saturated heterocycles. The Morgan fingerprint density at radius 1 is 1.53 bits per heavy atom. The monoisotopic (exact) mass is 270 g/mol. The number of nitrogen functional groups attached to an aromatic ring is 1. The van der Waals surface area contributed by atoms with E-state index >= 15 is 0 Å². The van der Waals surface area contributed by atoms with Crippen molar-refractivity contribution in [2.75, 3.05) is 23.8 Å². The fraction of sp³-hybridized carbons (Fsp3) is 0.455. The molecule has 1 unspecified atom stereocenters. The van der Waals surface area contributed by atoms with E-state index in [0.29, 0.717) is 0 Å². The van der Waals surface area contributed by atoms with Crippen molar-refractivity contribution in [3.05, 3.63) is 22.7 Å². The topological polar surface area (TPSA) is 49.5 Å². The number of nitrogens with two attached hydrogens (primary N) is 1. The minimum absolute atomic E-state index is 0.204. The molecule has 0 saturated carbocycles. The Morgan fingerprint density at radius 3 is 3.00 bits per heavy atom. The molecule has 1 fully saturated rings. The van der Waals surface area contributed by atoms with Gasteiger partial charge in [-0.2, -0.15) is 0 Å². The highest BCUT2D eigenvalue weighted by molar-refractivity contribution is 9.10. The molecule has 1 atom stereocenters. The lowest BCUT2D eigenvalue weighted by Gasteiger charge is -2.26. The molecule has 1 heterocycles. The van der Waals surface area contributed by atoms with Gasteiger partial charge in [-0.3, -0.25) is 0 Å². The first-order chi connectivity index (χ1) is 7.22. The fourth-order valence-electron chi connectivity index (χ4n) is 2.13. The number of nitrogens with zero attached hydrogens (tertiary/aromatic N) is 1. The van der Waals surface area contributed by atoms with E-state index < -0.39 is 0 Å². The third-order valence-corrected chi connectivity index (χ3v) is 3.38. The summed E-state index contributed by atoms with van der Waals surface area (Å²) < 4.78 is 0.989. The van der Waals surface area contributed by atoms with E-state index in [1.165, 1.54) is 0 Å². The minimum atomic E-state index is 0.204. The molecule has 3 N–H and O–H groups in total. The fourth-order valence-corrected chi connectivity index (χ4v) is 2.51. The van der Waals surface area contributed by atoms with Gasteiger partial charge in [0.25, 0.3) is 0 Å². The second-order valence-corrected chi connectivity index (χ2v) is 4.79. The number of hydrogen-bond acceptors (Lipinski definition) is 3. The van der Waals surface area contributed by atoms with Crippen molar-refractivity contribution >= 4 is 27.3 Å². The van der Waals surface area contributed by atoms with E-state index in [1.54, 1.807) is 0 Å². The maximum atomic E-state index is 9.25. The zero-order valence-electron chi connectivity index (χ0n) is 8.49. The van der Waals surface area contributed by atoms with Gasteiger partial charge in [0.15, 0.2) is 0 Å². The predicted molar refractivity (Wildman–Crippen MR) is 66.0 cm³/mol. The summed E-state index contributed by atoms with van der Waals surface area (Å²) in [6.07, 6.45) is 2.17. The molecule has 15 heavy (non-hydrogen) atoms. The Balaban J connectivity index is 2.28. The summed E-state index contributed by atoms with van der Waals surface area (Å²) in [4.78, 5) is 2.20. The predicted octanol–water partition coefficient (Wildman–Crippen LogP) is 1.99. The molecule has 3 nitrogen and oxygen atoms in total.